The van der Waals surface area contributed by atoms with Gasteiger partial charge in [-0.05, 0) is 25.0 Å². The van der Waals surface area contributed by atoms with Crippen LogP contribution in [0, 0.1) is 5.41 Å². The second-order valence-corrected chi connectivity index (χ2v) is 5.48. The van der Waals surface area contributed by atoms with E-state index in [0.717, 1.165) is 24.9 Å². The van der Waals surface area contributed by atoms with E-state index >= 15 is 0 Å². The van der Waals surface area contributed by atoms with E-state index in [-0.39, 0.29) is 12.3 Å². The maximum absolute atomic E-state index is 12.4. The molecule has 0 saturated heterocycles. The van der Waals surface area contributed by atoms with Gasteiger partial charge in [0.05, 0.1) is 5.41 Å². The lowest BCUT2D eigenvalue weighted by molar-refractivity contribution is -0.153. The van der Waals surface area contributed by atoms with Crippen molar-refractivity contribution in [1.29, 1.82) is 0 Å². The number of nitrogens with zero attached hydrogens (tertiary/aromatic N) is 2. The van der Waals surface area contributed by atoms with Crippen molar-refractivity contribution in [2.24, 2.45) is 5.41 Å². The fraction of sp³-hybridized carbons (Fsp3) is 0.533. The number of amides is 1. The smallest absolute Gasteiger partial charge is 0.310 e. The fourth-order valence-electron chi connectivity index (χ4n) is 2.81. The number of carboxylic acid groups (broad SMARTS) is 1. The summed E-state index contributed by atoms with van der Waals surface area (Å²) < 4.78 is 0. The number of carbonyl (C=O) groups is 2. The van der Waals surface area contributed by atoms with Crippen LogP contribution in [0.5, 0.6) is 0 Å². The first-order valence-electron chi connectivity index (χ1n) is 6.95. The van der Waals surface area contributed by atoms with E-state index in [4.69, 9.17) is 0 Å². The zero-order valence-corrected chi connectivity index (χ0v) is 11.7. The van der Waals surface area contributed by atoms with Gasteiger partial charge in [0.1, 0.15) is 0 Å². The van der Waals surface area contributed by atoms with Crippen LogP contribution in [-0.2, 0) is 9.59 Å². The lowest BCUT2D eigenvalue weighted by Gasteiger charge is -2.33. The minimum atomic E-state index is -0.878. The number of rotatable bonds is 4. The Bertz CT molecular complexity index is 481. The molecule has 1 aromatic rings. The van der Waals surface area contributed by atoms with Crippen LogP contribution in [0.2, 0.25) is 0 Å². The molecular formula is C15H20N2O3. The number of hydrogen-bond donors (Lipinski definition) is 1. The molecule has 20 heavy (non-hydrogen) atoms. The lowest BCUT2D eigenvalue weighted by Crippen LogP contribution is -2.39. The maximum Gasteiger partial charge on any atom is 0.310 e. The molecule has 108 valence electrons. The van der Waals surface area contributed by atoms with Crippen molar-refractivity contribution in [1.82, 2.24) is 4.98 Å². The first-order valence-corrected chi connectivity index (χ1v) is 6.95. The quantitative estimate of drug-likeness (QED) is 0.917. The molecule has 5 heteroatoms. The predicted octanol–water partition coefficient (Wildman–Crippen LogP) is 2.47. The molecule has 0 spiro atoms. The molecule has 1 heterocycles. The molecule has 1 aliphatic carbocycles. The molecule has 0 unspecified atom stereocenters. The SMILES string of the molecule is CN(C(=O)CC1(C(=O)O)CCCCC1)c1ccncc1. The Labute approximate surface area is 118 Å². The van der Waals surface area contributed by atoms with Gasteiger partial charge in [0, 0.05) is 31.5 Å². The molecule has 0 aromatic carbocycles. The number of pyridine rings is 1. The average Bonchev–Trinajstić information content (AvgIpc) is 2.48. The predicted molar refractivity (Wildman–Crippen MR) is 75.4 cm³/mol. The van der Waals surface area contributed by atoms with Crippen LogP contribution in [0.15, 0.2) is 24.5 Å². The first-order chi connectivity index (χ1) is 9.55. The normalized spacial score (nSPS) is 17.4. The summed E-state index contributed by atoms with van der Waals surface area (Å²) in [5.41, 5.74) is -0.141. The minimum absolute atomic E-state index is 0.0706. The van der Waals surface area contributed by atoms with Crippen LogP contribution in [0.25, 0.3) is 0 Å². The molecule has 1 saturated carbocycles. The van der Waals surface area contributed by atoms with Crippen molar-refractivity contribution in [3.63, 3.8) is 0 Å². The van der Waals surface area contributed by atoms with Crippen LogP contribution in [0.4, 0.5) is 5.69 Å². The Morgan fingerprint density at radius 3 is 2.40 bits per heavy atom. The Hall–Kier alpha value is -1.91. The highest BCUT2D eigenvalue weighted by atomic mass is 16.4. The van der Waals surface area contributed by atoms with E-state index in [1.807, 2.05) is 0 Å². The van der Waals surface area contributed by atoms with Crippen LogP contribution < -0.4 is 4.90 Å². The average molecular weight is 276 g/mol. The molecule has 1 fully saturated rings. The van der Waals surface area contributed by atoms with Gasteiger partial charge in [0.15, 0.2) is 0 Å². The molecule has 1 aliphatic rings. The molecule has 0 bridgehead atoms. The molecule has 2 rings (SSSR count). The summed E-state index contributed by atoms with van der Waals surface area (Å²) in [6, 6.07) is 3.48. The van der Waals surface area contributed by atoms with E-state index < -0.39 is 11.4 Å². The van der Waals surface area contributed by atoms with Gasteiger partial charge in [0.25, 0.3) is 0 Å². The Morgan fingerprint density at radius 1 is 1.25 bits per heavy atom. The molecule has 5 nitrogen and oxygen atoms in total. The zero-order chi connectivity index (χ0) is 14.6. The van der Waals surface area contributed by atoms with Gasteiger partial charge in [-0.1, -0.05) is 19.3 Å². The molecule has 1 N–H and O–H groups in total. The topological polar surface area (TPSA) is 70.5 Å². The molecule has 0 atom stereocenters. The minimum Gasteiger partial charge on any atom is -0.481 e. The molecule has 0 radical (unpaired) electrons. The van der Waals surface area contributed by atoms with Crippen LogP contribution in [0.1, 0.15) is 38.5 Å². The Morgan fingerprint density at radius 2 is 1.85 bits per heavy atom. The van der Waals surface area contributed by atoms with Crippen molar-refractivity contribution in [3.05, 3.63) is 24.5 Å². The Kier molecular flexibility index (Phi) is 4.37. The summed E-state index contributed by atoms with van der Waals surface area (Å²) in [5, 5.41) is 9.51. The number of hydrogen-bond acceptors (Lipinski definition) is 3. The fourth-order valence-corrected chi connectivity index (χ4v) is 2.81. The standard InChI is InChI=1S/C15H20N2O3/c1-17(12-5-9-16-10-6-12)13(18)11-15(14(19)20)7-3-2-4-8-15/h5-6,9-10H,2-4,7-8,11H2,1H3,(H,19,20). The second kappa shape index (κ2) is 6.03. The van der Waals surface area contributed by atoms with Crippen molar-refractivity contribution in [2.45, 2.75) is 38.5 Å². The second-order valence-electron chi connectivity index (χ2n) is 5.48. The molecule has 0 aliphatic heterocycles. The summed E-state index contributed by atoms with van der Waals surface area (Å²) in [6.45, 7) is 0. The third kappa shape index (κ3) is 2.98. The van der Waals surface area contributed by atoms with Gasteiger partial charge in [-0.25, -0.2) is 0 Å². The molecule has 1 aromatic heterocycles. The van der Waals surface area contributed by atoms with Crippen molar-refractivity contribution < 1.29 is 14.7 Å². The van der Waals surface area contributed by atoms with Gasteiger partial charge in [-0.15, -0.1) is 0 Å². The first kappa shape index (κ1) is 14.5. The van der Waals surface area contributed by atoms with E-state index in [1.165, 1.54) is 4.90 Å². The zero-order valence-electron chi connectivity index (χ0n) is 11.7. The highest BCUT2D eigenvalue weighted by Gasteiger charge is 2.42. The lowest BCUT2D eigenvalue weighted by atomic mass is 9.71. The van der Waals surface area contributed by atoms with Crippen molar-refractivity contribution in [2.75, 3.05) is 11.9 Å². The maximum atomic E-state index is 12.4. The van der Waals surface area contributed by atoms with Gasteiger partial charge < -0.3 is 10.0 Å². The third-order valence-electron chi connectivity index (χ3n) is 4.18. The summed E-state index contributed by atoms with van der Waals surface area (Å²) in [5.74, 6) is -0.992. The van der Waals surface area contributed by atoms with E-state index in [2.05, 4.69) is 4.98 Å². The van der Waals surface area contributed by atoms with Gasteiger partial charge in [0.2, 0.25) is 5.91 Å². The summed E-state index contributed by atoms with van der Waals surface area (Å²) >= 11 is 0. The van der Waals surface area contributed by atoms with Crippen LogP contribution in [-0.4, -0.2) is 29.0 Å². The third-order valence-corrected chi connectivity index (χ3v) is 4.18. The van der Waals surface area contributed by atoms with Crippen molar-refractivity contribution in [3.8, 4) is 0 Å². The van der Waals surface area contributed by atoms with E-state index in [0.29, 0.717) is 12.8 Å². The highest BCUT2D eigenvalue weighted by molar-refractivity contribution is 5.95. The number of carboxylic acids is 1. The van der Waals surface area contributed by atoms with Crippen LogP contribution >= 0.6 is 0 Å². The highest BCUT2D eigenvalue weighted by Crippen LogP contribution is 2.40. The Balaban J connectivity index is 2.11. The number of carbonyl (C=O) groups excluding carboxylic acids is 1. The molecule has 1 amide bonds. The largest absolute Gasteiger partial charge is 0.481 e. The summed E-state index contributed by atoms with van der Waals surface area (Å²) in [4.78, 5) is 29.4. The summed E-state index contributed by atoms with van der Waals surface area (Å²) in [6.07, 6.45) is 7.33. The van der Waals surface area contributed by atoms with Crippen molar-refractivity contribution >= 4 is 17.6 Å². The monoisotopic (exact) mass is 276 g/mol. The van der Waals surface area contributed by atoms with Crippen LogP contribution in [0.3, 0.4) is 0 Å². The van der Waals surface area contributed by atoms with Gasteiger partial charge in [-0.2, -0.15) is 0 Å². The van der Waals surface area contributed by atoms with E-state index in [9.17, 15) is 14.7 Å². The number of anilines is 1. The number of aromatic nitrogens is 1. The summed E-state index contributed by atoms with van der Waals surface area (Å²) in [7, 11) is 1.68. The van der Waals surface area contributed by atoms with Gasteiger partial charge >= 0.3 is 5.97 Å². The molecular weight excluding hydrogens is 256 g/mol. The van der Waals surface area contributed by atoms with E-state index in [1.54, 1.807) is 31.6 Å². The van der Waals surface area contributed by atoms with Gasteiger partial charge in [-0.3, -0.25) is 14.6 Å². The number of aliphatic carboxylic acids is 1.